The predicted octanol–water partition coefficient (Wildman–Crippen LogP) is 1.26. The van der Waals surface area contributed by atoms with Gasteiger partial charge in [0.05, 0.1) is 0 Å². The Morgan fingerprint density at radius 1 is 1.33 bits per heavy atom. The van der Waals surface area contributed by atoms with Crippen molar-refractivity contribution in [3.05, 3.63) is 12.2 Å². The number of carboxylic acid groups (broad SMARTS) is 1. The summed E-state index contributed by atoms with van der Waals surface area (Å²) in [5, 5.41) is 12.1. The Balaban J connectivity index is 1.52. The first-order valence-corrected chi connectivity index (χ1v) is 5.83. The van der Waals surface area contributed by atoms with Gasteiger partial charge in [0.2, 0.25) is 0 Å². The molecule has 82 valence electrons. The number of hydrogen-bond donors (Lipinski definition) is 2. The fraction of sp³-hybridized carbons (Fsp3) is 0.750. The Labute approximate surface area is 89.6 Å². The SMILES string of the molecule is C=C(CNC1C2C3CCC(C3)C12)C(=O)O. The van der Waals surface area contributed by atoms with E-state index < -0.39 is 5.97 Å². The van der Waals surface area contributed by atoms with Gasteiger partial charge in [-0.2, -0.15) is 0 Å². The van der Waals surface area contributed by atoms with Gasteiger partial charge in [0.25, 0.3) is 0 Å². The van der Waals surface area contributed by atoms with E-state index in [2.05, 4.69) is 11.9 Å². The lowest BCUT2D eigenvalue weighted by Gasteiger charge is -2.10. The van der Waals surface area contributed by atoms with Crippen molar-refractivity contribution in [2.75, 3.05) is 6.54 Å². The Hall–Kier alpha value is -0.830. The predicted molar refractivity (Wildman–Crippen MR) is 56.4 cm³/mol. The van der Waals surface area contributed by atoms with Crippen LogP contribution in [0, 0.1) is 23.7 Å². The van der Waals surface area contributed by atoms with E-state index in [4.69, 9.17) is 5.11 Å². The van der Waals surface area contributed by atoms with Crippen LogP contribution in [0.3, 0.4) is 0 Å². The largest absolute Gasteiger partial charge is 0.478 e. The number of carbonyl (C=O) groups is 1. The van der Waals surface area contributed by atoms with E-state index in [9.17, 15) is 4.79 Å². The molecule has 3 saturated carbocycles. The maximum absolute atomic E-state index is 10.6. The molecule has 3 heteroatoms. The first kappa shape index (κ1) is 9.40. The molecule has 0 aromatic carbocycles. The summed E-state index contributed by atoms with van der Waals surface area (Å²) in [5.41, 5.74) is 0.285. The Morgan fingerprint density at radius 3 is 2.47 bits per heavy atom. The van der Waals surface area contributed by atoms with Crippen molar-refractivity contribution in [2.45, 2.75) is 25.3 Å². The van der Waals surface area contributed by atoms with E-state index in [1.165, 1.54) is 19.3 Å². The standard InChI is InChI=1S/C12H17NO2/c1-6(12(14)15)5-13-11-9-7-2-3-8(4-7)10(9)11/h7-11,13H,1-5H2,(H,14,15). The summed E-state index contributed by atoms with van der Waals surface area (Å²) in [5.74, 6) is 2.73. The number of rotatable bonds is 4. The molecule has 0 radical (unpaired) electrons. The summed E-state index contributed by atoms with van der Waals surface area (Å²) in [6.45, 7) is 3.99. The minimum Gasteiger partial charge on any atom is -0.478 e. The molecule has 3 nitrogen and oxygen atoms in total. The highest BCUT2D eigenvalue weighted by atomic mass is 16.4. The van der Waals surface area contributed by atoms with Gasteiger partial charge in [-0.05, 0) is 42.9 Å². The van der Waals surface area contributed by atoms with E-state index >= 15 is 0 Å². The summed E-state index contributed by atoms with van der Waals surface area (Å²) in [4.78, 5) is 10.6. The van der Waals surface area contributed by atoms with Gasteiger partial charge in [0.15, 0.2) is 0 Å². The lowest BCUT2D eigenvalue weighted by Crippen LogP contribution is -2.26. The van der Waals surface area contributed by atoms with Crippen LogP contribution in [0.4, 0.5) is 0 Å². The molecule has 0 aromatic heterocycles. The minimum atomic E-state index is -0.878. The van der Waals surface area contributed by atoms with Crippen LogP contribution in [-0.2, 0) is 4.79 Å². The van der Waals surface area contributed by atoms with Gasteiger partial charge < -0.3 is 10.4 Å². The first-order chi connectivity index (χ1) is 7.18. The van der Waals surface area contributed by atoms with Crippen molar-refractivity contribution in [1.29, 1.82) is 0 Å². The molecule has 0 aliphatic heterocycles. The zero-order valence-corrected chi connectivity index (χ0v) is 8.78. The van der Waals surface area contributed by atoms with Crippen LogP contribution in [0.25, 0.3) is 0 Å². The zero-order valence-electron chi connectivity index (χ0n) is 8.78. The van der Waals surface area contributed by atoms with Crippen LogP contribution in [-0.4, -0.2) is 23.7 Å². The van der Waals surface area contributed by atoms with Crippen molar-refractivity contribution >= 4 is 5.97 Å². The highest BCUT2D eigenvalue weighted by Gasteiger charge is 2.64. The van der Waals surface area contributed by atoms with Crippen LogP contribution >= 0.6 is 0 Å². The molecule has 0 spiro atoms. The molecule has 2 bridgehead atoms. The van der Waals surface area contributed by atoms with Crippen molar-refractivity contribution in [3.8, 4) is 0 Å². The third-order valence-electron chi connectivity index (χ3n) is 4.59. The molecule has 3 aliphatic rings. The maximum atomic E-state index is 10.6. The molecule has 2 N–H and O–H groups in total. The Bertz CT molecular complexity index is 310. The molecule has 15 heavy (non-hydrogen) atoms. The monoisotopic (exact) mass is 207 g/mol. The molecule has 3 rings (SSSR count). The summed E-state index contributed by atoms with van der Waals surface area (Å²) in [6.07, 6.45) is 4.25. The van der Waals surface area contributed by atoms with E-state index in [0.29, 0.717) is 12.6 Å². The summed E-state index contributed by atoms with van der Waals surface area (Å²) < 4.78 is 0. The van der Waals surface area contributed by atoms with Gasteiger partial charge in [-0.1, -0.05) is 6.58 Å². The fourth-order valence-electron chi connectivity index (χ4n) is 3.91. The van der Waals surface area contributed by atoms with Crippen molar-refractivity contribution in [2.24, 2.45) is 23.7 Å². The van der Waals surface area contributed by atoms with Crippen LogP contribution in [0.1, 0.15) is 19.3 Å². The molecule has 0 amide bonds. The van der Waals surface area contributed by atoms with Crippen LogP contribution in [0.15, 0.2) is 12.2 Å². The number of fused-ring (bicyclic) bond motifs is 5. The number of nitrogens with one attached hydrogen (secondary N) is 1. The number of aliphatic carboxylic acids is 1. The molecule has 4 unspecified atom stereocenters. The molecule has 0 heterocycles. The van der Waals surface area contributed by atoms with Gasteiger partial charge in [0.1, 0.15) is 0 Å². The first-order valence-electron chi connectivity index (χ1n) is 5.83. The quantitative estimate of drug-likeness (QED) is 0.682. The smallest absolute Gasteiger partial charge is 0.332 e. The lowest BCUT2D eigenvalue weighted by atomic mass is 10.0. The molecule has 3 aliphatic carbocycles. The van der Waals surface area contributed by atoms with Crippen LogP contribution in [0.5, 0.6) is 0 Å². The highest BCUT2D eigenvalue weighted by molar-refractivity contribution is 5.86. The molecule has 3 fully saturated rings. The summed E-state index contributed by atoms with van der Waals surface area (Å²) >= 11 is 0. The van der Waals surface area contributed by atoms with Crippen molar-refractivity contribution < 1.29 is 9.90 Å². The van der Waals surface area contributed by atoms with E-state index in [-0.39, 0.29) is 5.57 Å². The van der Waals surface area contributed by atoms with E-state index in [1.54, 1.807) is 0 Å². The van der Waals surface area contributed by atoms with E-state index in [0.717, 1.165) is 23.7 Å². The molecule has 0 aromatic rings. The summed E-state index contributed by atoms with van der Waals surface area (Å²) in [6, 6.07) is 0.604. The lowest BCUT2D eigenvalue weighted by molar-refractivity contribution is -0.132. The van der Waals surface area contributed by atoms with Gasteiger partial charge in [-0.15, -0.1) is 0 Å². The average molecular weight is 207 g/mol. The van der Waals surface area contributed by atoms with Crippen LogP contribution in [0.2, 0.25) is 0 Å². The molecule has 0 saturated heterocycles. The zero-order chi connectivity index (χ0) is 10.6. The second-order valence-electron chi connectivity index (χ2n) is 5.30. The second kappa shape index (κ2) is 3.08. The Kier molecular flexibility index (Phi) is 1.93. The van der Waals surface area contributed by atoms with Gasteiger partial charge in [0, 0.05) is 18.2 Å². The van der Waals surface area contributed by atoms with E-state index in [1.807, 2.05) is 0 Å². The molecular formula is C12H17NO2. The topological polar surface area (TPSA) is 49.3 Å². The Morgan fingerprint density at radius 2 is 1.93 bits per heavy atom. The van der Waals surface area contributed by atoms with Gasteiger partial charge in [-0.3, -0.25) is 0 Å². The number of hydrogen-bond acceptors (Lipinski definition) is 2. The van der Waals surface area contributed by atoms with Crippen molar-refractivity contribution in [1.82, 2.24) is 5.32 Å². The second-order valence-corrected chi connectivity index (χ2v) is 5.30. The average Bonchev–Trinajstić information content (AvgIpc) is 2.61. The maximum Gasteiger partial charge on any atom is 0.332 e. The highest BCUT2D eigenvalue weighted by Crippen LogP contribution is 2.65. The normalized spacial score (nSPS) is 45.2. The fourth-order valence-corrected chi connectivity index (χ4v) is 3.91. The minimum absolute atomic E-state index is 0.285. The van der Waals surface area contributed by atoms with Crippen molar-refractivity contribution in [3.63, 3.8) is 0 Å². The van der Waals surface area contributed by atoms with Gasteiger partial charge >= 0.3 is 5.97 Å². The summed E-state index contributed by atoms with van der Waals surface area (Å²) in [7, 11) is 0. The van der Waals surface area contributed by atoms with Crippen LogP contribution < -0.4 is 5.32 Å². The third-order valence-corrected chi connectivity index (χ3v) is 4.59. The third kappa shape index (κ3) is 1.33. The molecule has 4 atom stereocenters. The number of carboxylic acids is 1. The van der Waals surface area contributed by atoms with Gasteiger partial charge in [-0.25, -0.2) is 4.79 Å². The molecular weight excluding hydrogens is 190 g/mol.